The fourth-order valence-corrected chi connectivity index (χ4v) is 3.93. The van der Waals surface area contributed by atoms with Crippen LogP contribution in [0.3, 0.4) is 0 Å². The van der Waals surface area contributed by atoms with Crippen LogP contribution in [0.5, 0.6) is 0 Å². The van der Waals surface area contributed by atoms with Gasteiger partial charge < -0.3 is 14.7 Å². The van der Waals surface area contributed by atoms with Gasteiger partial charge in [0.1, 0.15) is 11.5 Å². The predicted octanol–water partition coefficient (Wildman–Crippen LogP) is 3.62. The number of aryl methyl sites for hydroxylation is 1. The Morgan fingerprint density at radius 3 is 2.69 bits per heavy atom. The maximum absolute atomic E-state index is 12.2. The van der Waals surface area contributed by atoms with E-state index in [0.29, 0.717) is 16.9 Å². The molecule has 0 spiro atoms. The van der Waals surface area contributed by atoms with Crippen molar-refractivity contribution in [2.24, 2.45) is 0 Å². The molecule has 0 radical (unpaired) electrons. The van der Waals surface area contributed by atoms with E-state index in [1.165, 1.54) is 5.56 Å². The van der Waals surface area contributed by atoms with E-state index in [-0.39, 0.29) is 5.56 Å². The first-order valence-corrected chi connectivity index (χ1v) is 10.8. The summed E-state index contributed by atoms with van der Waals surface area (Å²) in [5.41, 5.74) is 5.52. The Kier molecular flexibility index (Phi) is 5.66. The van der Waals surface area contributed by atoms with Gasteiger partial charge in [-0.25, -0.2) is 4.98 Å². The minimum absolute atomic E-state index is 0.138. The first-order chi connectivity index (χ1) is 15.6. The number of hydrogen-bond donors (Lipinski definition) is 2. The molecular weight excluding hydrogens is 402 g/mol. The van der Waals surface area contributed by atoms with Gasteiger partial charge in [0.15, 0.2) is 0 Å². The number of benzene rings is 1. The van der Waals surface area contributed by atoms with Gasteiger partial charge in [-0.1, -0.05) is 30.3 Å². The van der Waals surface area contributed by atoms with Gasteiger partial charge in [0, 0.05) is 37.1 Å². The van der Waals surface area contributed by atoms with Gasteiger partial charge in [0.05, 0.1) is 24.3 Å². The van der Waals surface area contributed by atoms with Crippen molar-refractivity contribution in [3.63, 3.8) is 0 Å². The molecule has 0 atom stereocenters. The third-order valence-corrected chi connectivity index (χ3v) is 5.64. The first-order valence-electron chi connectivity index (χ1n) is 10.8. The molecule has 0 amide bonds. The molecule has 4 heterocycles. The fourth-order valence-electron chi connectivity index (χ4n) is 3.93. The van der Waals surface area contributed by atoms with Crippen LogP contribution in [0.25, 0.3) is 34.4 Å². The maximum atomic E-state index is 12.2. The zero-order valence-corrected chi connectivity index (χ0v) is 18.0. The molecule has 1 saturated heterocycles. The molecule has 1 aromatic carbocycles. The molecule has 0 bridgehead atoms. The molecule has 1 aliphatic heterocycles. The van der Waals surface area contributed by atoms with Crippen molar-refractivity contribution >= 4 is 23.2 Å². The molecule has 0 saturated carbocycles. The van der Waals surface area contributed by atoms with Gasteiger partial charge in [-0.3, -0.25) is 14.7 Å². The SMILES string of the molecule is Cc1nc2[nH]c(-c3ccnc(/C=C/c4ccc(CN5CCOCC5)cc4)c3)cc2c(=O)[nH]1. The number of morpholine rings is 1. The van der Waals surface area contributed by atoms with E-state index in [2.05, 4.69) is 55.2 Å². The number of aromatic nitrogens is 4. The maximum Gasteiger partial charge on any atom is 0.260 e. The van der Waals surface area contributed by atoms with Gasteiger partial charge in [-0.05, 0) is 42.3 Å². The zero-order valence-electron chi connectivity index (χ0n) is 18.0. The molecular formula is C25H25N5O2. The van der Waals surface area contributed by atoms with E-state index in [0.717, 1.165) is 55.4 Å². The Bertz CT molecular complexity index is 1310. The highest BCUT2D eigenvalue weighted by atomic mass is 16.5. The largest absolute Gasteiger partial charge is 0.379 e. The number of aromatic amines is 2. The number of nitrogens with one attached hydrogen (secondary N) is 2. The van der Waals surface area contributed by atoms with Crippen molar-refractivity contribution in [1.29, 1.82) is 0 Å². The number of H-pyrrole nitrogens is 2. The van der Waals surface area contributed by atoms with Crippen LogP contribution >= 0.6 is 0 Å². The summed E-state index contributed by atoms with van der Waals surface area (Å²) in [6.45, 7) is 6.34. The molecule has 162 valence electrons. The summed E-state index contributed by atoms with van der Waals surface area (Å²) in [6.07, 6.45) is 5.83. The van der Waals surface area contributed by atoms with Gasteiger partial charge in [0.25, 0.3) is 5.56 Å². The highest BCUT2D eigenvalue weighted by Gasteiger charge is 2.11. The van der Waals surface area contributed by atoms with Crippen molar-refractivity contribution in [2.45, 2.75) is 13.5 Å². The number of hydrogen-bond acceptors (Lipinski definition) is 5. The second-order valence-electron chi connectivity index (χ2n) is 8.03. The van der Waals surface area contributed by atoms with E-state index in [9.17, 15) is 4.79 Å². The average molecular weight is 428 g/mol. The van der Waals surface area contributed by atoms with Crippen molar-refractivity contribution in [3.05, 3.63) is 81.7 Å². The van der Waals surface area contributed by atoms with E-state index < -0.39 is 0 Å². The van der Waals surface area contributed by atoms with E-state index >= 15 is 0 Å². The number of ether oxygens (including phenoxy) is 1. The molecule has 1 aliphatic rings. The summed E-state index contributed by atoms with van der Waals surface area (Å²) < 4.78 is 5.42. The van der Waals surface area contributed by atoms with Gasteiger partial charge in [0.2, 0.25) is 0 Å². The Morgan fingerprint density at radius 1 is 1.06 bits per heavy atom. The van der Waals surface area contributed by atoms with Gasteiger partial charge >= 0.3 is 0 Å². The van der Waals surface area contributed by atoms with Crippen LogP contribution in [0.4, 0.5) is 0 Å². The summed E-state index contributed by atoms with van der Waals surface area (Å²) in [4.78, 5) is 29.4. The molecule has 2 N–H and O–H groups in total. The normalized spacial score (nSPS) is 15.0. The molecule has 4 aromatic rings. The van der Waals surface area contributed by atoms with Crippen LogP contribution < -0.4 is 5.56 Å². The lowest BCUT2D eigenvalue weighted by Gasteiger charge is -2.26. The smallest absolute Gasteiger partial charge is 0.260 e. The Hall–Kier alpha value is -3.55. The molecule has 7 nitrogen and oxygen atoms in total. The number of rotatable bonds is 5. The first kappa shape index (κ1) is 20.4. The topological polar surface area (TPSA) is 86.9 Å². The van der Waals surface area contributed by atoms with Gasteiger partial charge in [-0.15, -0.1) is 0 Å². The van der Waals surface area contributed by atoms with Crippen molar-refractivity contribution in [1.82, 2.24) is 24.8 Å². The van der Waals surface area contributed by atoms with Crippen LogP contribution in [0.15, 0.2) is 53.5 Å². The molecule has 7 heteroatoms. The molecule has 32 heavy (non-hydrogen) atoms. The standard InChI is InChI=1S/C25H25N5O2/c1-17-27-24-22(25(31)28-17)15-23(29-24)20-8-9-26-21(14-20)7-6-18-2-4-19(5-3-18)16-30-10-12-32-13-11-30/h2-9,14-15H,10-13,16H2,1H3,(H2,27,28,29,31)/b7-6+. The molecule has 5 rings (SSSR count). The monoisotopic (exact) mass is 427 g/mol. The lowest BCUT2D eigenvalue weighted by Crippen LogP contribution is -2.35. The lowest BCUT2D eigenvalue weighted by atomic mass is 10.1. The zero-order chi connectivity index (χ0) is 21.9. The third-order valence-electron chi connectivity index (χ3n) is 5.64. The second kappa shape index (κ2) is 8.90. The summed E-state index contributed by atoms with van der Waals surface area (Å²) >= 11 is 0. The van der Waals surface area contributed by atoms with Crippen LogP contribution in [0.2, 0.25) is 0 Å². The minimum Gasteiger partial charge on any atom is -0.379 e. The Balaban J connectivity index is 1.31. The number of fused-ring (bicyclic) bond motifs is 1. The number of nitrogens with zero attached hydrogens (tertiary/aromatic N) is 3. The Labute approximate surface area is 185 Å². The van der Waals surface area contributed by atoms with Crippen molar-refractivity contribution < 1.29 is 4.74 Å². The van der Waals surface area contributed by atoms with E-state index in [1.807, 2.05) is 24.3 Å². The highest BCUT2D eigenvalue weighted by molar-refractivity contribution is 5.82. The third kappa shape index (κ3) is 4.54. The van der Waals surface area contributed by atoms with Crippen LogP contribution in [-0.4, -0.2) is 51.1 Å². The second-order valence-corrected chi connectivity index (χ2v) is 8.03. The fraction of sp³-hybridized carbons (Fsp3) is 0.240. The minimum atomic E-state index is -0.138. The van der Waals surface area contributed by atoms with Crippen LogP contribution in [0, 0.1) is 6.92 Å². The molecule has 1 fully saturated rings. The summed E-state index contributed by atoms with van der Waals surface area (Å²) in [6, 6.07) is 14.4. The molecule has 0 aliphatic carbocycles. The van der Waals surface area contributed by atoms with Crippen LogP contribution in [-0.2, 0) is 11.3 Å². The van der Waals surface area contributed by atoms with E-state index in [1.54, 1.807) is 13.1 Å². The van der Waals surface area contributed by atoms with Crippen LogP contribution in [0.1, 0.15) is 22.6 Å². The van der Waals surface area contributed by atoms with E-state index in [4.69, 9.17) is 4.74 Å². The summed E-state index contributed by atoms with van der Waals surface area (Å²) in [5.74, 6) is 0.588. The predicted molar refractivity (Wildman–Crippen MR) is 126 cm³/mol. The average Bonchev–Trinajstić information content (AvgIpc) is 3.24. The summed E-state index contributed by atoms with van der Waals surface area (Å²) in [7, 11) is 0. The van der Waals surface area contributed by atoms with Crippen molar-refractivity contribution in [3.8, 4) is 11.3 Å². The van der Waals surface area contributed by atoms with Gasteiger partial charge in [-0.2, -0.15) is 0 Å². The Morgan fingerprint density at radius 2 is 1.88 bits per heavy atom. The molecule has 0 unspecified atom stereocenters. The summed E-state index contributed by atoms with van der Waals surface area (Å²) in [5, 5.41) is 0.552. The van der Waals surface area contributed by atoms with Crippen molar-refractivity contribution in [2.75, 3.05) is 26.3 Å². The number of pyridine rings is 1. The highest BCUT2D eigenvalue weighted by Crippen LogP contribution is 2.22. The quantitative estimate of drug-likeness (QED) is 0.508. The molecule has 3 aromatic heterocycles. The lowest BCUT2D eigenvalue weighted by molar-refractivity contribution is 0.0342.